The number of likely N-dealkylation sites (tertiary alicyclic amines) is 1. The van der Waals surface area contributed by atoms with Gasteiger partial charge in [-0.05, 0) is 70.1 Å². The van der Waals surface area contributed by atoms with E-state index in [9.17, 15) is 14.0 Å². The maximum Gasteiger partial charge on any atom is 0.410 e. The molecule has 0 saturated carbocycles. The summed E-state index contributed by atoms with van der Waals surface area (Å²) in [6, 6.07) is 6.16. The third-order valence-corrected chi connectivity index (χ3v) is 5.53. The van der Waals surface area contributed by atoms with E-state index in [0.29, 0.717) is 54.8 Å². The van der Waals surface area contributed by atoms with Gasteiger partial charge in [-0.25, -0.2) is 13.9 Å². The van der Waals surface area contributed by atoms with Crippen molar-refractivity contribution in [3.63, 3.8) is 0 Å². The minimum atomic E-state index is -0.508. The molecule has 3 rings (SSSR count). The van der Waals surface area contributed by atoms with Gasteiger partial charge in [0.2, 0.25) is 0 Å². The van der Waals surface area contributed by atoms with Crippen molar-refractivity contribution in [3.05, 3.63) is 47.5 Å². The van der Waals surface area contributed by atoms with E-state index in [1.165, 1.54) is 12.1 Å². The Bertz CT molecular complexity index is 972. The zero-order valence-corrected chi connectivity index (χ0v) is 20.2. The summed E-state index contributed by atoms with van der Waals surface area (Å²) in [7, 11) is 0. The number of piperidine rings is 1. The molecule has 0 bridgehead atoms. The van der Waals surface area contributed by atoms with Crippen molar-refractivity contribution in [2.45, 2.75) is 59.5 Å². The molecule has 2 amide bonds. The van der Waals surface area contributed by atoms with Gasteiger partial charge in [-0.3, -0.25) is 4.79 Å². The van der Waals surface area contributed by atoms with E-state index < -0.39 is 5.60 Å². The number of hydrogen-bond acceptors (Lipinski definition) is 4. The first-order valence-corrected chi connectivity index (χ1v) is 11.6. The molecule has 33 heavy (non-hydrogen) atoms. The Balaban J connectivity index is 1.60. The molecule has 0 aliphatic carbocycles. The predicted molar refractivity (Wildman–Crippen MR) is 125 cm³/mol. The molecule has 2 heterocycles. The number of halogens is 1. The molecule has 1 aliphatic rings. The third kappa shape index (κ3) is 7.04. The number of amides is 2. The van der Waals surface area contributed by atoms with Gasteiger partial charge in [0.25, 0.3) is 5.91 Å². The molecule has 1 fully saturated rings. The van der Waals surface area contributed by atoms with Crippen molar-refractivity contribution < 1.29 is 18.7 Å². The van der Waals surface area contributed by atoms with E-state index in [1.807, 2.05) is 20.8 Å². The van der Waals surface area contributed by atoms with Crippen LogP contribution in [0.2, 0.25) is 0 Å². The molecule has 1 aromatic carbocycles. The van der Waals surface area contributed by atoms with Crippen molar-refractivity contribution >= 4 is 12.0 Å². The summed E-state index contributed by atoms with van der Waals surface area (Å²) < 4.78 is 20.7. The van der Waals surface area contributed by atoms with Crippen molar-refractivity contribution in [3.8, 4) is 5.69 Å². The smallest absolute Gasteiger partial charge is 0.410 e. The molecule has 1 saturated heterocycles. The highest BCUT2D eigenvalue weighted by atomic mass is 19.1. The maximum atomic E-state index is 13.7. The van der Waals surface area contributed by atoms with Crippen LogP contribution in [0, 0.1) is 17.7 Å². The van der Waals surface area contributed by atoms with Gasteiger partial charge >= 0.3 is 6.09 Å². The molecule has 180 valence electrons. The molecule has 1 aliphatic heterocycles. The van der Waals surface area contributed by atoms with Crippen LogP contribution >= 0.6 is 0 Å². The minimum absolute atomic E-state index is 0.178. The predicted octanol–water partition coefficient (Wildman–Crippen LogP) is 4.59. The van der Waals surface area contributed by atoms with Crippen LogP contribution in [0.4, 0.5) is 9.18 Å². The fourth-order valence-corrected chi connectivity index (χ4v) is 3.87. The minimum Gasteiger partial charge on any atom is -0.444 e. The first-order chi connectivity index (χ1) is 15.5. The Kier molecular flexibility index (Phi) is 7.76. The molecule has 2 aromatic rings. The van der Waals surface area contributed by atoms with E-state index in [2.05, 4.69) is 24.3 Å². The lowest BCUT2D eigenvalue weighted by atomic mass is 9.97. The summed E-state index contributed by atoms with van der Waals surface area (Å²) in [5.74, 6) is 0.0871. The van der Waals surface area contributed by atoms with Gasteiger partial charge in [-0.1, -0.05) is 19.9 Å². The summed E-state index contributed by atoms with van der Waals surface area (Å²) in [5, 5.41) is 7.61. The second-order valence-electron chi connectivity index (χ2n) is 10.1. The number of benzene rings is 1. The molecule has 0 radical (unpaired) electrons. The summed E-state index contributed by atoms with van der Waals surface area (Å²) in [5.41, 5.74) is 1.28. The van der Waals surface area contributed by atoms with Gasteiger partial charge in [0.1, 0.15) is 11.4 Å². The number of nitrogens with one attached hydrogen (secondary N) is 1. The fraction of sp³-hybridized carbons (Fsp3) is 0.560. The Morgan fingerprint density at radius 2 is 1.94 bits per heavy atom. The van der Waals surface area contributed by atoms with E-state index in [-0.39, 0.29) is 17.8 Å². The van der Waals surface area contributed by atoms with E-state index in [0.717, 1.165) is 12.8 Å². The summed E-state index contributed by atoms with van der Waals surface area (Å²) in [4.78, 5) is 27.0. The number of rotatable bonds is 6. The van der Waals surface area contributed by atoms with Crippen LogP contribution in [0.5, 0.6) is 0 Å². The number of hydrogen-bond donors (Lipinski definition) is 1. The molecule has 1 aromatic heterocycles. The maximum absolute atomic E-state index is 13.7. The molecule has 1 N–H and O–H groups in total. The lowest BCUT2D eigenvalue weighted by Gasteiger charge is -2.33. The van der Waals surface area contributed by atoms with Crippen LogP contribution in [0.15, 0.2) is 30.5 Å². The van der Waals surface area contributed by atoms with Crippen LogP contribution in [0.1, 0.15) is 63.5 Å². The van der Waals surface area contributed by atoms with E-state index in [1.54, 1.807) is 27.9 Å². The highest BCUT2D eigenvalue weighted by Gasteiger charge is 2.27. The lowest BCUT2D eigenvalue weighted by molar-refractivity contribution is 0.0183. The van der Waals surface area contributed by atoms with Crippen LogP contribution in [-0.2, 0) is 11.2 Å². The van der Waals surface area contributed by atoms with Gasteiger partial charge in [-0.15, -0.1) is 0 Å². The molecular formula is C25H35FN4O3. The second-order valence-corrected chi connectivity index (χ2v) is 10.1. The zero-order chi connectivity index (χ0) is 24.2. The molecule has 0 atom stereocenters. The average Bonchev–Trinajstić information content (AvgIpc) is 3.14. The topological polar surface area (TPSA) is 76.5 Å². The summed E-state index contributed by atoms with van der Waals surface area (Å²) in [6.07, 6.45) is 3.65. The fourth-order valence-electron chi connectivity index (χ4n) is 3.87. The standard InChI is InChI=1S/C25H35FN4O3/c1-17(2)13-22-21(16-30(28-22)20-8-6-7-19(26)14-20)23(31)27-15-18-9-11-29(12-10-18)24(32)33-25(3,4)5/h6-8,14,16-18H,9-13,15H2,1-5H3,(H,27,31). The summed E-state index contributed by atoms with van der Waals surface area (Å²) in [6.45, 7) is 11.5. The molecule has 0 spiro atoms. The second kappa shape index (κ2) is 10.4. The lowest BCUT2D eigenvalue weighted by Crippen LogP contribution is -2.43. The molecular weight excluding hydrogens is 423 g/mol. The first kappa shape index (κ1) is 24.7. The number of carbonyl (C=O) groups excluding carboxylic acids is 2. The highest BCUT2D eigenvalue weighted by Crippen LogP contribution is 2.20. The molecule has 8 heteroatoms. The first-order valence-electron chi connectivity index (χ1n) is 11.6. The Hall–Kier alpha value is -2.90. The number of aromatic nitrogens is 2. The Morgan fingerprint density at radius 1 is 1.24 bits per heavy atom. The van der Waals surface area contributed by atoms with Gasteiger partial charge in [0, 0.05) is 25.8 Å². The highest BCUT2D eigenvalue weighted by molar-refractivity contribution is 5.95. The van der Waals surface area contributed by atoms with Gasteiger partial charge < -0.3 is 15.0 Å². The van der Waals surface area contributed by atoms with Crippen LogP contribution in [0.25, 0.3) is 5.69 Å². The number of ether oxygens (including phenoxy) is 1. The monoisotopic (exact) mass is 458 g/mol. The Morgan fingerprint density at radius 3 is 2.55 bits per heavy atom. The third-order valence-electron chi connectivity index (χ3n) is 5.53. The van der Waals surface area contributed by atoms with Crippen molar-refractivity contribution in [1.82, 2.24) is 20.0 Å². The van der Waals surface area contributed by atoms with Crippen LogP contribution < -0.4 is 5.32 Å². The normalized spacial score (nSPS) is 15.1. The Labute approximate surface area is 195 Å². The zero-order valence-electron chi connectivity index (χ0n) is 20.2. The van der Waals surface area contributed by atoms with Crippen molar-refractivity contribution in [1.29, 1.82) is 0 Å². The van der Waals surface area contributed by atoms with Gasteiger partial charge in [0.05, 0.1) is 16.9 Å². The molecule has 0 unspecified atom stereocenters. The van der Waals surface area contributed by atoms with Crippen LogP contribution in [0.3, 0.4) is 0 Å². The average molecular weight is 459 g/mol. The van der Waals surface area contributed by atoms with Gasteiger partial charge in [-0.2, -0.15) is 5.10 Å². The SMILES string of the molecule is CC(C)Cc1nn(-c2cccc(F)c2)cc1C(=O)NCC1CCN(C(=O)OC(C)(C)C)CC1. The number of carbonyl (C=O) groups is 2. The number of nitrogens with zero attached hydrogens (tertiary/aromatic N) is 3. The van der Waals surface area contributed by atoms with Crippen molar-refractivity contribution in [2.24, 2.45) is 11.8 Å². The largest absolute Gasteiger partial charge is 0.444 e. The van der Waals surface area contributed by atoms with Crippen LogP contribution in [-0.4, -0.2) is 51.9 Å². The van der Waals surface area contributed by atoms with E-state index >= 15 is 0 Å². The van der Waals surface area contributed by atoms with E-state index in [4.69, 9.17) is 4.74 Å². The summed E-state index contributed by atoms with van der Waals surface area (Å²) >= 11 is 0. The molecule has 7 nitrogen and oxygen atoms in total. The van der Waals surface area contributed by atoms with Gasteiger partial charge in [0.15, 0.2) is 0 Å². The quantitative estimate of drug-likeness (QED) is 0.687. The van der Waals surface area contributed by atoms with Crippen molar-refractivity contribution in [2.75, 3.05) is 19.6 Å².